The van der Waals surface area contributed by atoms with Gasteiger partial charge in [-0.1, -0.05) is 23.7 Å². The van der Waals surface area contributed by atoms with E-state index in [-0.39, 0.29) is 36.1 Å². The van der Waals surface area contributed by atoms with E-state index in [0.29, 0.717) is 16.8 Å². The third-order valence-electron chi connectivity index (χ3n) is 4.83. The third kappa shape index (κ3) is 5.03. The standard InChI is InChI=1S/C21H16ClF3N6O2/c22-17-5-4-14(9-27-17)19(32)26-6-7-31-18-16(10-29-31)20(33)30(12-28-18)11-13-2-1-3-15(8-13)21(23,24)25/h1-5,8-10,12H,6-7,11H2,(H,26,32). The Hall–Kier alpha value is -3.73. The molecule has 0 bridgehead atoms. The zero-order chi connectivity index (χ0) is 23.6. The van der Waals surface area contributed by atoms with Crippen molar-refractivity contribution in [1.82, 2.24) is 29.6 Å². The largest absolute Gasteiger partial charge is 0.416 e. The maximum Gasteiger partial charge on any atom is 0.416 e. The van der Waals surface area contributed by atoms with Gasteiger partial charge in [0.2, 0.25) is 0 Å². The highest BCUT2D eigenvalue weighted by Crippen LogP contribution is 2.29. The molecule has 0 aliphatic carbocycles. The second kappa shape index (κ2) is 9.02. The lowest BCUT2D eigenvalue weighted by Gasteiger charge is -2.10. The van der Waals surface area contributed by atoms with Crippen molar-refractivity contribution in [2.24, 2.45) is 0 Å². The molecule has 0 unspecified atom stereocenters. The number of nitrogens with zero attached hydrogens (tertiary/aromatic N) is 5. The van der Waals surface area contributed by atoms with Crippen molar-refractivity contribution in [3.8, 4) is 0 Å². The Morgan fingerprint density at radius 2 is 1.94 bits per heavy atom. The average Bonchev–Trinajstić information content (AvgIpc) is 3.19. The van der Waals surface area contributed by atoms with Gasteiger partial charge in [0.25, 0.3) is 11.5 Å². The highest BCUT2D eigenvalue weighted by atomic mass is 35.5. The van der Waals surface area contributed by atoms with Gasteiger partial charge in [0.15, 0.2) is 5.65 Å². The van der Waals surface area contributed by atoms with E-state index in [2.05, 4.69) is 20.4 Å². The number of carbonyl (C=O) groups is 1. The van der Waals surface area contributed by atoms with Crippen LogP contribution in [0, 0.1) is 0 Å². The van der Waals surface area contributed by atoms with Gasteiger partial charge >= 0.3 is 6.18 Å². The number of fused-ring (bicyclic) bond motifs is 1. The summed E-state index contributed by atoms with van der Waals surface area (Å²) in [5, 5.41) is 7.35. The van der Waals surface area contributed by atoms with Crippen molar-refractivity contribution in [2.45, 2.75) is 19.3 Å². The van der Waals surface area contributed by atoms with E-state index < -0.39 is 17.3 Å². The molecular weight excluding hydrogens is 461 g/mol. The topological polar surface area (TPSA) is 94.7 Å². The van der Waals surface area contributed by atoms with E-state index in [0.717, 1.165) is 12.1 Å². The molecule has 0 fully saturated rings. The van der Waals surface area contributed by atoms with Crippen LogP contribution >= 0.6 is 11.6 Å². The summed E-state index contributed by atoms with van der Waals surface area (Å²) in [6, 6.07) is 7.82. The summed E-state index contributed by atoms with van der Waals surface area (Å²) in [6.45, 7) is 0.398. The molecule has 1 aromatic carbocycles. The highest BCUT2D eigenvalue weighted by molar-refractivity contribution is 6.29. The van der Waals surface area contributed by atoms with Crippen LogP contribution in [0.3, 0.4) is 0 Å². The maximum absolute atomic E-state index is 12.9. The van der Waals surface area contributed by atoms with Crippen LogP contribution in [0.2, 0.25) is 5.15 Å². The Morgan fingerprint density at radius 3 is 2.67 bits per heavy atom. The third-order valence-corrected chi connectivity index (χ3v) is 5.05. The monoisotopic (exact) mass is 476 g/mol. The van der Waals surface area contributed by atoms with Crippen LogP contribution in [0.4, 0.5) is 13.2 Å². The molecule has 3 heterocycles. The normalized spacial score (nSPS) is 11.6. The van der Waals surface area contributed by atoms with Crippen LogP contribution in [-0.4, -0.2) is 36.8 Å². The zero-order valence-electron chi connectivity index (χ0n) is 16.9. The number of halogens is 4. The van der Waals surface area contributed by atoms with Crippen LogP contribution < -0.4 is 10.9 Å². The Labute approximate surface area is 189 Å². The van der Waals surface area contributed by atoms with E-state index in [4.69, 9.17) is 11.6 Å². The molecule has 0 atom stereocenters. The summed E-state index contributed by atoms with van der Waals surface area (Å²) in [5.74, 6) is -0.341. The van der Waals surface area contributed by atoms with E-state index in [1.807, 2.05) is 0 Å². The molecular formula is C21H16ClF3N6O2. The lowest BCUT2D eigenvalue weighted by atomic mass is 10.1. The number of amides is 1. The Balaban J connectivity index is 1.46. The first-order valence-corrected chi connectivity index (χ1v) is 10.1. The number of alkyl halides is 3. The fraction of sp³-hybridized carbons (Fsp3) is 0.190. The fourth-order valence-electron chi connectivity index (χ4n) is 3.20. The molecule has 0 aliphatic rings. The first kappa shape index (κ1) is 22.5. The second-order valence-electron chi connectivity index (χ2n) is 7.11. The summed E-state index contributed by atoms with van der Waals surface area (Å²) in [7, 11) is 0. The van der Waals surface area contributed by atoms with Gasteiger partial charge in [-0.05, 0) is 29.8 Å². The predicted molar refractivity (Wildman–Crippen MR) is 114 cm³/mol. The van der Waals surface area contributed by atoms with Crippen LogP contribution in [-0.2, 0) is 19.3 Å². The molecule has 0 saturated heterocycles. The number of benzene rings is 1. The van der Waals surface area contributed by atoms with Crippen molar-refractivity contribution >= 4 is 28.5 Å². The molecule has 170 valence electrons. The number of aromatic nitrogens is 5. The fourth-order valence-corrected chi connectivity index (χ4v) is 3.32. The van der Waals surface area contributed by atoms with Crippen molar-refractivity contribution in [2.75, 3.05) is 6.54 Å². The molecule has 4 aromatic rings. The lowest BCUT2D eigenvalue weighted by molar-refractivity contribution is -0.137. The quantitative estimate of drug-likeness (QED) is 0.431. The van der Waals surface area contributed by atoms with Gasteiger partial charge in [-0.15, -0.1) is 0 Å². The van der Waals surface area contributed by atoms with Gasteiger partial charge < -0.3 is 5.32 Å². The summed E-state index contributed by atoms with van der Waals surface area (Å²) >= 11 is 5.70. The minimum atomic E-state index is -4.47. The lowest BCUT2D eigenvalue weighted by Crippen LogP contribution is -2.28. The van der Waals surface area contributed by atoms with Crippen LogP contribution in [0.1, 0.15) is 21.5 Å². The van der Waals surface area contributed by atoms with Gasteiger partial charge in [0.1, 0.15) is 16.9 Å². The smallest absolute Gasteiger partial charge is 0.350 e. The molecule has 4 rings (SSSR count). The summed E-state index contributed by atoms with van der Waals surface area (Å²) in [4.78, 5) is 33.0. The maximum atomic E-state index is 12.9. The van der Waals surface area contributed by atoms with Crippen LogP contribution in [0.25, 0.3) is 11.0 Å². The number of nitrogens with one attached hydrogen (secondary N) is 1. The summed E-state index contributed by atoms with van der Waals surface area (Å²) < 4.78 is 41.5. The number of pyridine rings is 1. The molecule has 3 aromatic heterocycles. The van der Waals surface area contributed by atoms with Gasteiger partial charge in [-0.2, -0.15) is 18.3 Å². The molecule has 1 amide bonds. The van der Waals surface area contributed by atoms with Crippen molar-refractivity contribution < 1.29 is 18.0 Å². The summed E-state index contributed by atoms with van der Waals surface area (Å²) in [6.07, 6.45) is -0.501. The van der Waals surface area contributed by atoms with E-state index in [1.54, 1.807) is 6.07 Å². The molecule has 0 spiro atoms. The number of rotatable bonds is 6. The number of hydrogen-bond acceptors (Lipinski definition) is 5. The molecule has 0 radical (unpaired) electrons. The minimum absolute atomic E-state index is 0.0674. The van der Waals surface area contributed by atoms with Gasteiger partial charge in [-0.3, -0.25) is 14.2 Å². The number of hydrogen-bond donors (Lipinski definition) is 1. The highest BCUT2D eigenvalue weighted by Gasteiger charge is 2.30. The molecule has 1 N–H and O–H groups in total. The molecule has 33 heavy (non-hydrogen) atoms. The molecule has 12 heteroatoms. The second-order valence-corrected chi connectivity index (χ2v) is 7.49. The zero-order valence-corrected chi connectivity index (χ0v) is 17.6. The van der Waals surface area contributed by atoms with Crippen LogP contribution in [0.5, 0.6) is 0 Å². The molecule has 0 aliphatic heterocycles. The summed E-state index contributed by atoms with van der Waals surface area (Å²) in [5.41, 5.74) is -0.242. The van der Waals surface area contributed by atoms with Crippen LogP contribution in [0.15, 0.2) is 59.9 Å². The first-order chi connectivity index (χ1) is 15.7. The van der Waals surface area contributed by atoms with Crippen molar-refractivity contribution in [3.05, 3.63) is 87.3 Å². The average molecular weight is 477 g/mol. The van der Waals surface area contributed by atoms with Crippen molar-refractivity contribution in [3.63, 3.8) is 0 Å². The Morgan fingerprint density at radius 1 is 1.12 bits per heavy atom. The Kier molecular flexibility index (Phi) is 6.14. The van der Waals surface area contributed by atoms with Gasteiger partial charge in [0, 0.05) is 12.7 Å². The molecule has 0 saturated carbocycles. The predicted octanol–water partition coefficient (Wildman–Crippen LogP) is 3.14. The van der Waals surface area contributed by atoms with Gasteiger partial charge in [0.05, 0.1) is 30.4 Å². The number of carbonyl (C=O) groups excluding carboxylic acids is 1. The van der Waals surface area contributed by atoms with E-state index >= 15 is 0 Å². The Bertz CT molecular complexity index is 1370. The van der Waals surface area contributed by atoms with E-state index in [9.17, 15) is 22.8 Å². The van der Waals surface area contributed by atoms with E-state index in [1.165, 1.54) is 46.2 Å². The SMILES string of the molecule is O=C(NCCn1ncc2c(=O)n(Cc3cccc(C(F)(F)F)c3)cnc21)c1ccc(Cl)nc1. The van der Waals surface area contributed by atoms with Gasteiger partial charge in [-0.25, -0.2) is 14.6 Å². The molecule has 8 nitrogen and oxygen atoms in total. The minimum Gasteiger partial charge on any atom is -0.350 e. The first-order valence-electron chi connectivity index (χ1n) is 9.69. The van der Waals surface area contributed by atoms with Crippen molar-refractivity contribution in [1.29, 1.82) is 0 Å².